The number of H-pyrrole nitrogens is 1. The van der Waals surface area contributed by atoms with Gasteiger partial charge in [0, 0.05) is 38.7 Å². The average molecular weight is 431 g/mol. The van der Waals surface area contributed by atoms with Crippen LogP contribution >= 0.6 is 0 Å². The topological polar surface area (TPSA) is 95.9 Å². The lowest BCUT2D eigenvalue weighted by molar-refractivity contribution is -0.116. The number of benzene rings is 2. The average Bonchev–Trinajstić information content (AvgIpc) is 3.20. The van der Waals surface area contributed by atoms with Crippen molar-refractivity contribution in [3.05, 3.63) is 82.5 Å². The third-order valence-corrected chi connectivity index (χ3v) is 5.25. The summed E-state index contributed by atoms with van der Waals surface area (Å²) < 4.78 is 1.77. The molecule has 0 spiro atoms. The van der Waals surface area contributed by atoms with E-state index in [9.17, 15) is 9.59 Å². The Morgan fingerprint density at radius 1 is 1.09 bits per heavy atom. The number of rotatable bonds is 8. The van der Waals surface area contributed by atoms with Gasteiger partial charge in [0.05, 0.1) is 23.6 Å². The lowest BCUT2D eigenvalue weighted by Gasteiger charge is -2.13. The normalized spacial score (nSPS) is 10.9. The molecule has 2 heterocycles. The predicted octanol–water partition coefficient (Wildman–Crippen LogP) is 3.20. The molecule has 2 aromatic carbocycles. The number of aryl methyl sites for hydroxylation is 1. The Morgan fingerprint density at radius 2 is 1.88 bits per heavy atom. The zero-order chi connectivity index (χ0) is 22.5. The van der Waals surface area contributed by atoms with Crippen LogP contribution < -0.4 is 15.8 Å². The van der Waals surface area contributed by atoms with Gasteiger partial charge >= 0.3 is 0 Å². The molecule has 2 aromatic heterocycles. The maximum Gasteiger partial charge on any atom is 0.258 e. The van der Waals surface area contributed by atoms with Crippen LogP contribution in [-0.2, 0) is 17.8 Å². The number of aromatic amines is 1. The van der Waals surface area contributed by atoms with E-state index in [4.69, 9.17) is 0 Å². The fraction of sp³-hybridized carbons (Fsp3) is 0.250. The van der Waals surface area contributed by atoms with Gasteiger partial charge in [0.1, 0.15) is 11.6 Å². The van der Waals surface area contributed by atoms with E-state index in [0.29, 0.717) is 48.4 Å². The van der Waals surface area contributed by atoms with Gasteiger partial charge in [0.2, 0.25) is 5.91 Å². The van der Waals surface area contributed by atoms with E-state index in [1.165, 1.54) is 0 Å². The summed E-state index contributed by atoms with van der Waals surface area (Å²) in [5.74, 6) is 1.15. The molecule has 0 aliphatic heterocycles. The molecule has 8 heteroatoms. The zero-order valence-electron chi connectivity index (χ0n) is 18.2. The number of fused-ring (bicyclic) bond motifs is 1. The molecule has 0 unspecified atom stereocenters. The number of hydrogen-bond donors (Lipinski definition) is 2. The van der Waals surface area contributed by atoms with Crippen LogP contribution in [-0.4, -0.2) is 39.8 Å². The summed E-state index contributed by atoms with van der Waals surface area (Å²) in [6.45, 7) is 0.568. The minimum Gasteiger partial charge on any atom is -0.378 e. The van der Waals surface area contributed by atoms with Crippen LogP contribution in [0.15, 0.2) is 65.6 Å². The molecule has 8 nitrogen and oxygen atoms in total. The Morgan fingerprint density at radius 3 is 2.66 bits per heavy atom. The van der Waals surface area contributed by atoms with Crippen molar-refractivity contribution in [2.45, 2.75) is 25.8 Å². The molecular formula is C24H26N6O2. The fourth-order valence-corrected chi connectivity index (χ4v) is 3.51. The highest BCUT2D eigenvalue weighted by atomic mass is 16.1. The molecular weight excluding hydrogens is 404 g/mol. The third-order valence-electron chi connectivity index (χ3n) is 5.25. The number of hydrogen-bond acceptors (Lipinski definition) is 5. The molecule has 0 bridgehead atoms. The van der Waals surface area contributed by atoms with E-state index < -0.39 is 0 Å². The van der Waals surface area contributed by atoms with Crippen molar-refractivity contribution < 1.29 is 4.79 Å². The van der Waals surface area contributed by atoms with Gasteiger partial charge < -0.3 is 15.2 Å². The van der Waals surface area contributed by atoms with E-state index in [2.05, 4.69) is 44.6 Å². The smallest absolute Gasteiger partial charge is 0.258 e. The van der Waals surface area contributed by atoms with Crippen molar-refractivity contribution in [2.24, 2.45) is 0 Å². The van der Waals surface area contributed by atoms with Crippen LogP contribution in [0.2, 0.25) is 0 Å². The Balaban J connectivity index is 1.32. The number of carbonyl (C=O) groups is 1. The highest BCUT2D eigenvalue weighted by molar-refractivity contribution is 5.89. The first kappa shape index (κ1) is 21.3. The molecule has 1 amide bonds. The van der Waals surface area contributed by atoms with Gasteiger partial charge in [-0.05, 0) is 36.2 Å². The van der Waals surface area contributed by atoms with Gasteiger partial charge in [-0.15, -0.1) is 0 Å². The second-order valence-corrected chi connectivity index (χ2v) is 7.87. The summed E-state index contributed by atoms with van der Waals surface area (Å²) in [6.07, 6.45) is 3.09. The molecule has 0 aliphatic rings. The first-order valence-electron chi connectivity index (χ1n) is 10.6. The summed E-state index contributed by atoms with van der Waals surface area (Å²) in [5.41, 5.74) is 2.74. The van der Waals surface area contributed by atoms with Crippen molar-refractivity contribution in [1.29, 1.82) is 0 Å². The summed E-state index contributed by atoms with van der Waals surface area (Å²) in [6, 6.07) is 17.2. The number of nitrogens with zero attached hydrogens (tertiary/aromatic N) is 4. The van der Waals surface area contributed by atoms with Crippen molar-refractivity contribution in [2.75, 3.05) is 24.3 Å². The fourth-order valence-electron chi connectivity index (χ4n) is 3.51. The highest BCUT2D eigenvalue weighted by Gasteiger charge is 2.09. The van der Waals surface area contributed by atoms with Crippen LogP contribution in [0.25, 0.3) is 10.9 Å². The lowest BCUT2D eigenvalue weighted by atomic mass is 10.2. The van der Waals surface area contributed by atoms with E-state index in [-0.39, 0.29) is 11.5 Å². The summed E-state index contributed by atoms with van der Waals surface area (Å²) in [5, 5.41) is 7.83. The number of para-hydroxylation sites is 1. The Labute approximate surface area is 185 Å². The van der Waals surface area contributed by atoms with Crippen LogP contribution in [0.5, 0.6) is 0 Å². The minimum absolute atomic E-state index is 0.0992. The van der Waals surface area contributed by atoms with Crippen LogP contribution in [0.1, 0.15) is 24.2 Å². The summed E-state index contributed by atoms with van der Waals surface area (Å²) >= 11 is 0. The van der Waals surface area contributed by atoms with Gasteiger partial charge in [0.25, 0.3) is 5.56 Å². The quantitative estimate of drug-likeness (QED) is 0.448. The van der Waals surface area contributed by atoms with Gasteiger partial charge in [-0.25, -0.2) is 9.67 Å². The largest absolute Gasteiger partial charge is 0.378 e. The number of nitrogens with one attached hydrogen (secondary N) is 2. The summed E-state index contributed by atoms with van der Waals surface area (Å²) in [4.78, 5) is 33.9. The first-order chi connectivity index (χ1) is 15.5. The standard InChI is InChI=1S/C24H26N6O2/c1-29(2)18-12-10-17(11-13-18)16-30-22(14-15-25-30)28-23(31)9-5-8-21-26-20-7-4-3-6-19(20)24(32)27-21/h3-4,6-7,10-15H,5,8-9,16H2,1-2H3,(H,28,31)(H,26,27,32). The second-order valence-electron chi connectivity index (χ2n) is 7.87. The lowest BCUT2D eigenvalue weighted by Crippen LogP contribution is -2.17. The molecule has 0 saturated carbocycles. The van der Waals surface area contributed by atoms with E-state index in [1.54, 1.807) is 23.0 Å². The highest BCUT2D eigenvalue weighted by Crippen LogP contribution is 2.15. The van der Waals surface area contributed by atoms with E-state index >= 15 is 0 Å². The van der Waals surface area contributed by atoms with Crippen molar-refractivity contribution in [3.8, 4) is 0 Å². The minimum atomic E-state index is -0.155. The Hall–Kier alpha value is -3.94. The van der Waals surface area contributed by atoms with Gasteiger partial charge in [-0.2, -0.15) is 5.10 Å². The molecule has 0 saturated heterocycles. The van der Waals surface area contributed by atoms with Crippen molar-refractivity contribution >= 4 is 28.3 Å². The third kappa shape index (κ3) is 5.03. The van der Waals surface area contributed by atoms with Gasteiger partial charge in [0.15, 0.2) is 0 Å². The zero-order valence-corrected chi connectivity index (χ0v) is 18.2. The second kappa shape index (κ2) is 9.47. The SMILES string of the molecule is CN(C)c1ccc(Cn2nccc2NC(=O)CCCc2nc3ccccc3c(=O)[nH]2)cc1. The maximum atomic E-state index is 12.5. The van der Waals surface area contributed by atoms with Crippen molar-refractivity contribution in [3.63, 3.8) is 0 Å². The number of anilines is 2. The molecule has 0 atom stereocenters. The molecule has 0 radical (unpaired) electrons. The van der Waals surface area contributed by atoms with Crippen LogP contribution in [0.4, 0.5) is 11.5 Å². The first-order valence-corrected chi connectivity index (χ1v) is 10.6. The predicted molar refractivity (Wildman–Crippen MR) is 126 cm³/mol. The molecule has 0 fully saturated rings. The van der Waals surface area contributed by atoms with Crippen LogP contribution in [0.3, 0.4) is 0 Å². The molecule has 2 N–H and O–H groups in total. The Kier molecular flexibility index (Phi) is 6.30. The summed E-state index contributed by atoms with van der Waals surface area (Å²) in [7, 11) is 4.01. The van der Waals surface area contributed by atoms with Crippen LogP contribution in [0, 0.1) is 0 Å². The maximum absolute atomic E-state index is 12.5. The number of amides is 1. The van der Waals surface area contributed by atoms with Crippen molar-refractivity contribution in [1.82, 2.24) is 19.7 Å². The van der Waals surface area contributed by atoms with E-state index in [1.807, 2.05) is 37.2 Å². The molecule has 32 heavy (non-hydrogen) atoms. The molecule has 4 aromatic rings. The van der Waals surface area contributed by atoms with Gasteiger partial charge in [-0.3, -0.25) is 9.59 Å². The molecule has 4 rings (SSSR count). The number of carbonyl (C=O) groups excluding carboxylic acids is 1. The van der Waals surface area contributed by atoms with E-state index in [0.717, 1.165) is 11.3 Å². The molecule has 164 valence electrons. The number of aromatic nitrogens is 4. The van der Waals surface area contributed by atoms with Gasteiger partial charge in [-0.1, -0.05) is 24.3 Å². The molecule has 0 aliphatic carbocycles. The Bertz CT molecular complexity index is 1270. The monoisotopic (exact) mass is 430 g/mol.